The Morgan fingerprint density at radius 3 is 2.81 bits per heavy atom. The molecule has 0 unspecified atom stereocenters. The number of hydrogen-bond acceptors (Lipinski definition) is 4. The van der Waals surface area contributed by atoms with Gasteiger partial charge in [0.25, 0.3) is 5.91 Å². The molecule has 142 valence electrons. The Balaban J connectivity index is 1.59. The molecule has 6 heteroatoms. The summed E-state index contributed by atoms with van der Waals surface area (Å²) in [5.74, 6) is 0.188. The Bertz CT molecular complexity index is 837. The lowest BCUT2D eigenvalue weighted by atomic mass is 10.1. The van der Waals surface area contributed by atoms with E-state index in [4.69, 9.17) is 22.1 Å². The standard InChI is InChI=1S/C21H24ClN3O2/c1-27-20-11-19(23)18(22)10-17(20)21(26)24-12-16-8-5-9-25(14-16)13-15-6-3-2-4-7-15/h2-4,6-8,10-11H,5,9,12-14,23H2,1H3,(H,24,26). The van der Waals surface area contributed by atoms with E-state index in [0.29, 0.717) is 28.6 Å². The summed E-state index contributed by atoms with van der Waals surface area (Å²) >= 11 is 6.05. The lowest BCUT2D eigenvalue weighted by Gasteiger charge is -2.27. The third-order valence-electron chi connectivity index (χ3n) is 4.59. The van der Waals surface area contributed by atoms with E-state index < -0.39 is 0 Å². The average molecular weight is 386 g/mol. The topological polar surface area (TPSA) is 67.6 Å². The van der Waals surface area contributed by atoms with Crippen LogP contribution in [-0.4, -0.2) is 37.6 Å². The number of nitrogens with two attached hydrogens (primary N) is 1. The summed E-state index contributed by atoms with van der Waals surface area (Å²) in [4.78, 5) is 15.0. The zero-order chi connectivity index (χ0) is 19.2. The fraction of sp³-hybridized carbons (Fsp3) is 0.286. The Morgan fingerprint density at radius 1 is 1.30 bits per heavy atom. The maximum atomic E-state index is 12.6. The molecule has 2 aromatic carbocycles. The van der Waals surface area contributed by atoms with Gasteiger partial charge in [-0.25, -0.2) is 0 Å². The number of methoxy groups -OCH3 is 1. The SMILES string of the molecule is COc1cc(N)c(Cl)cc1C(=O)NCC1=CCCN(Cc2ccccc2)C1. The van der Waals surface area contributed by atoms with Gasteiger partial charge in [0.15, 0.2) is 0 Å². The number of nitrogens with zero attached hydrogens (tertiary/aromatic N) is 1. The highest BCUT2D eigenvalue weighted by molar-refractivity contribution is 6.33. The zero-order valence-corrected chi connectivity index (χ0v) is 16.1. The maximum absolute atomic E-state index is 12.6. The number of hydrogen-bond donors (Lipinski definition) is 2. The quantitative estimate of drug-likeness (QED) is 0.590. The minimum Gasteiger partial charge on any atom is -0.496 e. The van der Waals surface area contributed by atoms with Gasteiger partial charge >= 0.3 is 0 Å². The summed E-state index contributed by atoms with van der Waals surface area (Å²) in [5, 5.41) is 3.30. The lowest BCUT2D eigenvalue weighted by molar-refractivity contribution is 0.0953. The third kappa shape index (κ3) is 5.02. The lowest BCUT2D eigenvalue weighted by Crippen LogP contribution is -2.34. The van der Waals surface area contributed by atoms with E-state index in [1.807, 2.05) is 6.07 Å². The number of carbonyl (C=O) groups is 1. The number of amides is 1. The molecule has 3 rings (SSSR count). The van der Waals surface area contributed by atoms with Gasteiger partial charge in [0, 0.05) is 32.2 Å². The van der Waals surface area contributed by atoms with Crippen molar-refractivity contribution in [2.24, 2.45) is 0 Å². The van der Waals surface area contributed by atoms with Crippen LogP contribution in [0.4, 0.5) is 5.69 Å². The van der Waals surface area contributed by atoms with Crippen molar-refractivity contribution in [3.05, 3.63) is 70.3 Å². The van der Waals surface area contributed by atoms with Crippen molar-refractivity contribution >= 4 is 23.2 Å². The summed E-state index contributed by atoms with van der Waals surface area (Å²) < 4.78 is 5.26. The highest BCUT2D eigenvalue weighted by atomic mass is 35.5. The van der Waals surface area contributed by atoms with E-state index in [1.165, 1.54) is 18.2 Å². The molecule has 0 saturated heterocycles. The molecule has 0 aromatic heterocycles. The summed E-state index contributed by atoms with van der Waals surface area (Å²) in [7, 11) is 1.50. The van der Waals surface area contributed by atoms with Gasteiger partial charge in [-0.3, -0.25) is 9.69 Å². The number of rotatable bonds is 6. The van der Waals surface area contributed by atoms with Crippen LogP contribution in [0.3, 0.4) is 0 Å². The number of nitrogen functional groups attached to an aromatic ring is 1. The van der Waals surface area contributed by atoms with Crippen LogP contribution in [0.2, 0.25) is 5.02 Å². The average Bonchev–Trinajstić information content (AvgIpc) is 2.69. The van der Waals surface area contributed by atoms with Crippen molar-refractivity contribution in [2.75, 3.05) is 32.5 Å². The maximum Gasteiger partial charge on any atom is 0.255 e. The van der Waals surface area contributed by atoms with Gasteiger partial charge in [-0.2, -0.15) is 0 Å². The molecule has 0 bridgehead atoms. The second-order valence-corrected chi connectivity index (χ2v) is 7.01. The predicted octanol–water partition coefficient (Wildman–Crippen LogP) is 3.49. The predicted molar refractivity (Wildman–Crippen MR) is 109 cm³/mol. The molecule has 2 aromatic rings. The van der Waals surface area contributed by atoms with Crippen molar-refractivity contribution in [1.29, 1.82) is 0 Å². The van der Waals surface area contributed by atoms with E-state index >= 15 is 0 Å². The number of anilines is 1. The highest BCUT2D eigenvalue weighted by Gasteiger charge is 2.17. The Kier molecular flexibility index (Phi) is 6.37. The number of benzene rings is 2. The van der Waals surface area contributed by atoms with Crippen LogP contribution >= 0.6 is 11.6 Å². The van der Waals surface area contributed by atoms with Crippen molar-refractivity contribution < 1.29 is 9.53 Å². The highest BCUT2D eigenvalue weighted by Crippen LogP contribution is 2.28. The van der Waals surface area contributed by atoms with Crippen LogP contribution in [0.25, 0.3) is 0 Å². The number of carbonyl (C=O) groups excluding carboxylic acids is 1. The van der Waals surface area contributed by atoms with E-state index in [1.54, 1.807) is 12.1 Å². The Hall–Kier alpha value is -2.50. The molecule has 1 heterocycles. The molecular weight excluding hydrogens is 362 g/mol. The Morgan fingerprint density at radius 2 is 2.07 bits per heavy atom. The number of halogens is 1. The molecule has 1 aliphatic rings. The minimum absolute atomic E-state index is 0.227. The molecule has 5 nitrogen and oxygen atoms in total. The van der Waals surface area contributed by atoms with E-state index in [-0.39, 0.29) is 5.91 Å². The number of ether oxygens (including phenoxy) is 1. The first-order valence-electron chi connectivity index (χ1n) is 8.92. The fourth-order valence-corrected chi connectivity index (χ4v) is 3.35. The van der Waals surface area contributed by atoms with Crippen molar-refractivity contribution in [2.45, 2.75) is 13.0 Å². The van der Waals surface area contributed by atoms with Gasteiger partial charge < -0.3 is 15.8 Å². The van der Waals surface area contributed by atoms with Gasteiger partial charge in [0.05, 0.1) is 23.4 Å². The van der Waals surface area contributed by atoms with E-state index in [0.717, 1.165) is 26.1 Å². The van der Waals surface area contributed by atoms with E-state index in [9.17, 15) is 4.79 Å². The van der Waals surface area contributed by atoms with Crippen LogP contribution in [0, 0.1) is 0 Å². The van der Waals surface area contributed by atoms with Crippen molar-refractivity contribution in [3.8, 4) is 5.75 Å². The second kappa shape index (κ2) is 8.93. The van der Waals surface area contributed by atoms with Crippen LogP contribution in [0.15, 0.2) is 54.1 Å². The molecular formula is C21H24ClN3O2. The largest absolute Gasteiger partial charge is 0.496 e. The first-order valence-corrected chi connectivity index (χ1v) is 9.30. The van der Waals surface area contributed by atoms with Crippen molar-refractivity contribution in [1.82, 2.24) is 10.2 Å². The summed E-state index contributed by atoms with van der Waals surface area (Å²) in [5.41, 5.74) is 9.04. The number of nitrogens with one attached hydrogen (secondary N) is 1. The van der Waals surface area contributed by atoms with Crippen LogP contribution < -0.4 is 15.8 Å². The molecule has 0 spiro atoms. The molecule has 0 atom stereocenters. The molecule has 3 N–H and O–H groups in total. The molecule has 0 radical (unpaired) electrons. The van der Waals surface area contributed by atoms with Gasteiger partial charge in [0.2, 0.25) is 0 Å². The Labute approximate surface area is 164 Å². The normalized spacial score (nSPS) is 14.5. The van der Waals surface area contributed by atoms with Gasteiger partial charge in [-0.05, 0) is 23.6 Å². The van der Waals surface area contributed by atoms with Crippen LogP contribution in [-0.2, 0) is 6.54 Å². The summed E-state index contributed by atoms with van der Waals surface area (Å²) in [6.07, 6.45) is 3.18. The van der Waals surface area contributed by atoms with Crippen LogP contribution in [0.5, 0.6) is 5.75 Å². The van der Waals surface area contributed by atoms with Crippen molar-refractivity contribution in [3.63, 3.8) is 0 Å². The van der Waals surface area contributed by atoms with E-state index in [2.05, 4.69) is 40.6 Å². The molecule has 0 saturated carbocycles. The molecule has 0 aliphatic carbocycles. The molecule has 1 amide bonds. The monoisotopic (exact) mass is 385 g/mol. The molecule has 1 aliphatic heterocycles. The molecule has 0 fully saturated rings. The first kappa shape index (κ1) is 19.3. The third-order valence-corrected chi connectivity index (χ3v) is 4.92. The first-order chi connectivity index (χ1) is 13.1. The van der Waals surface area contributed by atoms with Gasteiger partial charge in [-0.15, -0.1) is 0 Å². The summed E-state index contributed by atoms with van der Waals surface area (Å²) in [6, 6.07) is 13.5. The smallest absolute Gasteiger partial charge is 0.255 e. The fourth-order valence-electron chi connectivity index (χ4n) is 3.19. The minimum atomic E-state index is -0.227. The van der Waals surface area contributed by atoms with Gasteiger partial charge in [0.1, 0.15) is 5.75 Å². The van der Waals surface area contributed by atoms with Crippen LogP contribution in [0.1, 0.15) is 22.3 Å². The summed E-state index contributed by atoms with van der Waals surface area (Å²) in [6.45, 7) is 3.27. The molecule has 27 heavy (non-hydrogen) atoms. The van der Waals surface area contributed by atoms with Gasteiger partial charge in [-0.1, -0.05) is 48.0 Å². The zero-order valence-electron chi connectivity index (χ0n) is 15.4. The second-order valence-electron chi connectivity index (χ2n) is 6.60.